The number of carbonyl (C=O) groups is 2. The van der Waals surface area contributed by atoms with Gasteiger partial charge in [-0.3, -0.25) is 9.59 Å². The molecule has 1 amide bonds. The van der Waals surface area contributed by atoms with Gasteiger partial charge >= 0.3 is 5.97 Å². The lowest BCUT2D eigenvalue weighted by Crippen LogP contribution is -2.27. The second-order valence-corrected chi connectivity index (χ2v) is 4.43. The molecule has 0 saturated carbocycles. The van der Waals surface area contributed by atoms with E-state index in [0.717, 1.165) is 10.7 Å². The number of aromatic nitrogens is 1. The van der Waals surface area contributed by atoms with Crippen molar-refractivity contribution in [3.8, 4) is 0 Å². The number of carbonyl (C=O) groups excluding carboxylic acids is 2. The first-order valence-corrected chi connectivity index (χ1v) is 6.40. The maximum absolute atomic E-state index is 11.5. The number of esters is 1. The predicted molar refractivity (Wildman–Crippen MR) is 65.0 cm³/mol. The average molecular weight is 277 g/mol. The second kappa shape index (κ2) is 7.24. The van der Waals surface area contributed by atoms with E-state index in [1.807, 2.05) is 5.38 Å². The number of hydrogen-bond donors (Lipinski definition) is 1. The van der Waals surface area contributed by atoms with Gasteiger partial charge in [0.05, 0.1) is 31.5 Å². The fraction of sp³-hybridized carbons (Fsp3) is 0.500. The van der Waals surface area contributed by atoms with Gasteiger partial charge in [0.25, 0.3) is 0 Å². The third kappa shape index (κ3) is 5.14. The molecule has 0 aliphatic carbocycles. The predicted octanol–water partition coefficient (Wildman–Crippen LogP) is 1.10. The van der Waals surface area contributed by atoms with Crippen molar-refractivity contribution in [1.29, 1.82) is 0 Å². The minimum Gasteiger partial charge on any atom is -0.469 e. The largest absolute Gasteiger partial charge is 0.469 e. The highest BCUT2D eigenvalue weighted by Crippen LogP contribution is 2.11. The third-order valence-corrected chi connectivity index (χ3v) is 3.10. The molecule has 1 heterocycles. The van der Waals surface area contributed by atoms with E-state index >= 15 is 0 Å². The summed E-state index contributed by atoms with van der Waals surface area (Å²) in [4.78, 5) is 26.4. The van der Waals surface area contributed by atoms with Crippen molar-refractivity contribution in [2.75, 3.05) is 13.7 Å². The first-order valence-electron chi connectivity index (χ1n) is 4.98. The Balaban J connectivity index is 2.27. The van der Waals surface area contributed by atoms with E-state index < -0.39 is 0 Å². The van der Waals surface area contributed by atoms with Crippen molar-refractivity contribution in [3.05, 3.63) is 16.1 Å². The smallest absolute Gasteiger partial charge is 0.307 e. The number of alkyl halides is 1. The minimum atomic E-state index is -0.344. The van der Waals surface area contributed by atoms with Gasteiger partial charge in [0, 0.05) is 11.9 Å². The van der Waals surface area contributed by atoms with Gasteiger partial charge in [0.2, 0.25) is 5.91 Å². The quantitative estimate of drug-likeness (QED) is 0.624. The van der Waals surface area contributed by atoms with Gasteiger partial charge in [-0.05, 0) is 0 Å². The summed E-state index contributed by atoms with van der Waals surface area (Å²) in [5.41, 5.74) is 0.772. The van der Waals surface area contributed by atoms with Crippen LogP contribution < -0.4 is 5.32 Å². The Morgan fingerprint density at radius 3 is 2.94 bits per heavy atom. The van der Waals surface area contributed by atoms with E-state index in [1.54, 1.807) is 0 Å². The molecule has 1 aromatic heterocycles. The number of ether oxygens (including phenoxy) is 1. The summed E-state index contributed by atoms with van der Waals surface area (Å²) < 4.78 is 4.45. The highest BCUT2D eigenvalue weighted by atomic mass is 35.5. The van der Waals surface area contributed by atoms with Crippen LogP contribution in [-0.4, -0.2) is 30.5 Å². The minimum absolute atomic E-state index is 0.163. The molecule has 17 heavy (non-hydrogen) atoms. The summed E-state index contributed by atoms with van der Waals surface area (Å²) in [5.74, 6) is -0.158. The van der Waals surface area contributed by atoms with Gasteiger partial charge in [-0.15, -0.1) is 22.9 Å². The normalized spacial score (nSPS) is 10.0. The summed E-state index contributed by atoms with van der Waals surface area (Å²) >= 11 is 7.00. The van der Waals surface area contributed by atoms with Gasteiger partial charge in [-0.1, -0.05) is 0 Å². The Morgan fingerprint density at radius 2 is 2.35 bits per heavy atom. The molecule has 0 unspecified atom stereocenters. The van der Waals surface area contributed by atoms with Crippen molar-refractivity contribution >= 4 is 34.8 Å². The Hall–Kier alpha value is -1.14. The number of methoxy groups -OCH3 is 1. The summed E-state index contributed by atoms with van der Waals surface area (Å²) in [7, 11) is 1.31. The van der Waals surface area contributed by atoms with E-state index in [9.17, 15) is 9.59 Å². The van der Waals surface area contributed by atoms with E-state index in [2.05, 4.69) is 15.0 Å². The zero-order chi connectivity index (χ0) is 12.7. The molecule has 0 aliphatic heterocycles. The molecule has 5 nitrogen and oxygen atoms in total. The van der Waals surface area contributed by atoms with Crippen LogP contribution in [0.25, 0.3) is 0 Å². The van der Waals surface area contributed by atoms with Gasteiger partial charge in [-0.25, -0.2) is 4.98 Å². The van der Waals surface area contributed by atoms with E-state index in [-0.39, 0.29) is 31.3 Å². The Bertz CT molecular complexity index is 395. The van der Waals surface area contributed by atoms with Crippen LogP contribution in [0.1, 0.15) is 17.1 Å². The first kappa shape index (κ1) is 13.9. The molecule has 0 bridgehead atoms. The summed E-state index contributed by atoms with van der Waals surface area (Å²) in [6, 6.07) is 0. The van der Waals surface area contributed by atoms with Gasteiger partial charge in [-0.2, -0.15) is 0 Å². The number of amides is 1. The lowest BCUT2D eigenvalue weighted by atomic mass is 10.4. The number of thiazole rings is 1. The molecule has 7 heteroatoms. The molecule has 0 fully saturated rings. The molecule has 0 atom stereocenters. The molecular weight excluding hydrogens is 264 g/mol. The molecule has 0 saturated heterocycles. The van der Waals surface area contributed by atoms with Crippen LogP contribution in [-0.2, 0) is 26.6 Å². The van der Waals surface area contributed by atoms with Gasteiger partial charge < -0.3 is 10.1 Å². The Labute approximate surface area is 108 Å². The van der Waals surface area contributed by atoms with Gasteiger partial charge in [0.15, 0.2) is 0 Å². The van der Waals surface area contributed by atoms with E-state index in [1.165, 1.54) is 18.4 Å². The average Bonchev–Trinajstić information content (AvgIpc) is 2.76. The number of nitrogens with zero attached hydrogens (tertiary/aromatic N) is 1. The third-order valence-electron chi connectivity index (χ3n) is 1.93. The van der Waals surface area contributed by atoms with Crippen LogP contribution in [0.5, 0.6) is 0 Å². The van der Waals surface area contributed by atoms with Crippen LogP contribution in [0.15, 0.2) is 5.38 Å². The Morgan fingerprint density at radius 1 is 1.59 bits per heavy atom. The van der Waals surface area contributed by atoms with Crippen molar-refractivity contribution in [3.63, 3.8) is 0 Å². The van der Waals surface area contributed by atoms with E-state index in [4.69, 9.17) is 11.6 Å². The van der Waals surface area contributed by atoms with Crippen LogP contribution in [0.3, 0.4) is 0 Å². The zero-order valence-electron chi connectivity index (χ0n) is 9.36. The van der Waals surface area contributed by atoms with Crippen molar-refractivity contribution in [2.24, 2.45) is 0 Å². The van der Waals surface area contributed by atoms with Crippen LogP contribution >= 0.6 is 22.9 Å². The highest BCUT2D eigenvalue weighted by molar-refractivity contribution is 7.09. The van der Waals surface area contributed by atoms with Crippen LogP contribution in [0, 0.1) is 0 Å². The lowest BCUT2D eigenvalue weighted by molar-refractivity contribution is -0.140. The number of hydrogen-bond acceptors (Lipinski definition) is 5. The molecule has 1 aromatic rings. The lowest BCUT2D eigenvalue weighted by Gasteiger charge is -2.02. The van der Waals surface area contributed by atoms with E-state index in [0.29, 0.717) is 5.88 Å². The molecule has 0 spiro atoms. The van der Waals surface area contributed by atoms with Crippen LogP contribution in [0.2, 0.25) is 0 Å². The van der Waals surface area contributed by atoms with Crippen molar-refractivity contribution < 1.29 is 14.3 Å². The molecule has 0 aliphatic rings. The molecule has 1 N–H and O–H groups in total. The number of nitrogens with one attached hydrogen (secondary N) is 1. The zero-order valence-corrected chi connectivity index (χ0v) is 10.9. The number of halogens is 1. The molecular formula is C10H13ClN2O3S. The summed E-state index contributed by atoms with van der Waals surface area (Å²) in [5, 5.41) is 5.16. The fourth-order valence-electron chi connectivity index (χ4n) is 1.10. The van der Waals surface area contributed by atoms with Gasteiger partial charge in [0.1, 0.15) is 5.01 Å². The maximum atomic E-state index is 11.5. The number of rotatable bonds is 6. The second-order valence-electron chi connectivity index (χ2n) is 3.22. The van der Waals surface area contributed by atoms with Crippen molar-refractivity contribution in [2.45, 2.75) is 18.7 Å². The molecule has 94 valence electrons. The SMILES string of the molecule is COC(=O)CCNC(=O)Cc1nc(CCl)cs1. The Kier molecular flexibility index (Phi) is 5.93. The summed E-state index contributed by atoms with van der Waals surface area (Å²) in [6.45, 7) is 0.277. The standard InChI is InChI=1S/C10H13ClN2O3S/c1-16-10(15)2-3-12-8(14)4-9-13-7(5-11)6-17-9/h6H,2-5H2,1H3,(H,12,14). The van der Waals surface area contributed by atoms with Crippen molar-refractivity contribution in [1.82, 2.24) is 10.3 Å². The summed E-state index contributed by atoms with van der Waals surface area (Å²) in [6.07, 6.45) is 0.385. The highest BCUT2D eigenvalue weighted by Gasteiger charge is 2.08. The van der Waals surface area contributed by atoms with Crippen LogP contribution in [0.4, 0.5) is 0 Å². The molecule has 0 aromatic carbocycles. The topological polar surface area (TPSA) is 68.3 Å². The first-order chi connectivity index (χ1) is 8.15. The maximum Gasteiger partial charge on any atom is 0.307 e. The monoisotopic (exact) mass is 276 g/mol. The molecule has 0 radical (unpaired) electrons. The fourth-order valence-corrected chi connectivity index (χ4v) is 2.12. The molecule has 1 rings (SSSR count).